The predicted molar refractivity (Wildman–Crippen MR) is 139 cm³/mol. The second-order valence-corrected chi connectivity index (χ2v) is 8.46. The fourth-order valence-corrected chi connectivity index (χ4v) is 4.17. The van der Waals surface area contributed by atoms with E-state index in [2.05, 4.69) is 52.6 Å². The van der Waals surface area contributed by atoms with Crippen LogP contribution >= 0.6 is 0 Å². The Hall–Kier alpha value is -3.08. The van der Waals surface area contributed by atoms with Crippen LogP contribution in [0.5, 0.6) is 5.75 Å². The van der Waals surface area contributed by atoms with Gasteiger partial charge in [0.05, 0.1) is 7.11 Å². The van der Waals surface area contributed by atoms with Crippen LogP contribution in [0.2, 0.25) is 0 Å². The second kappa shape index (κ2) is 13.5. The van der Waals surface area contributed by atoms with Crippen molar-refractivity contribution in [3.8, 4) is 5.75 Å². The van der Waals surface area contributed by atoms with E-state index in [4.69, 9.17) is 4.74 Å². The summed E-state index contributed by atoms with van der Waals surface area (Å²) in [6.45, 7) is 4.72. The molecule has 3 rings (SSSR count). The largest absolute Gasteiger partial charge is 0.496 e. The SMILES string of the molecule is CCCCc1c(/C=C/C(=O)NCCCCCCN2C=CC=NC2)cc(OC)c2ccccc12. The van der Waals surface area contributed by atoms with Gasteiger partial charge in [-0.2, -0.15) is 0 Å². The number of unbranched alkanes of at least 4 members (excludes halogenated alkanes) is 4. The molecular weight excluding hydrogens is 410 g/mol. The van der Waals surface area contributed by atoms with Gasteiger partial charge in [0, 0.05) is 37.0 Å². The van der Waals surface area contributed by atoms with Crippen molar-refractivity contribution in [2.45, 2.75) is 51.9 Å². The topological polar surface area (TPSA) is 53.9 Å². The Bertz CT molecular complexity index is 994. The summed E-state index contributed by atoms with van der Waals surface area (Å²) in [5, 5.41) is 5.35. The molecule has 0 radical (unpaired) electrons. The average molecular weight is 448 g/mol. The van der Waals surface area contributed by atoms with Crippen LogP contribution in [0.25, 0.3) is 16.8 Å². The molecular formula is C28H37N3O2. The molecule has 5 heteroatoms. The van der Waals surface area contributed by atoms with Crippen molar-refractivity contribution >= 4 is 29.0 Å². The average Bonchev–Trinajstić information content (AvgIpc) is 2.86. The summed E-state index contributed by atoms with van der Waals surface area (Å²) in [6, 6.07) is 10.4. The van der Waals surface area contributed by atoms with Gasteiger partial charge >= 0.3 is 0 Å². The molecule has 0 atom stereocenters. The minimum Gasteiger partial charge on any atom is -0.496 e. The van der Waals surface area contributed by atoms with E-state index >= 15 is 0 Å². The highest BCUT2D eigenvalue weighted by Gasteiger charge is 2.11. The van der Waals surface area contributed by atoms with Crippen molar-refractivity contribution in [1.29, 1.82) is 0 Å². The number of aryl methyl sites for hydroxylation is 1. The molecule has 5 nitrogen and oxygen atoms in total. The Morgan fingerprint density at radius 1 is 1.15 bits per heavy atom. The molecule has 0 unspecified atom stereocenters. The highest BCUT2D eigenvalue weighted by Crippen LogP contribution is 2.33. The first kappa shape index (κ1) is 24.6. The van der Waals surface area contributed by atoms with Gasteiger partial charge in [-0.05, 0) is 60.4 Å². The molecule has 0 saturated heterocycles. The van der Waals surface area contributed by atoms with Gasteiger partial charge in [0.25, 0.3) is 0 Å². The molecule has 0 spiro atoms. The monoisotopic (exact) mass is 447 g/mol. The smallest absolute Gasteiger partial charge is 0.243 e. The number of aliphatic imine (C=N–C) groups is 1. The molecule has 2 aromatic carbocycles. The predicted octanol–water partition coefficient (Wildman–Crippen LogP) is 5.74. The van der Waals surface area contributed by atoms with E-state index in [-0.39, 0.29) is 5.91 Å². The molecule has 2 aromatic rings. The van der Waals surface area contributed by atoms with E-state index in [1.807, 2.05) is 24.4 Å². The Balaban J connectivity index is 1.49. The third kappa shape index (κ3) is 7.48. The molecule has 0 aromatic heterocycles. The molecule has 1 aliphatic rings. The van der Waals surface area contributed by atoms with Crippen LogP contribution < -0.4 is 10.1 Å². The molecule has 1 heterocycles. The number of benzene rings is 2. The van der Waals surface area contributed by atoms with Gasteiger partial charge in [-0.3, -0.25) is 9.79 Å². The van der Waals surface area contributed by atoms with Gasteiger partial charge in [-0.15, -0.1) is 0 Å². The summed E-state index contributed by atoms with van der Waals surface area (Å²) < 4.78 is 5.64. The number of rotatable bonds is 13. The van der Waals surface area contributed by atoms with Gasteiger partial charge in [0.15, 0.2) is 0 Å². The molecule has 0 bridgehead atoms. The quantitative estimate of drug-likeness (QED) is 0.315. The van der Waals surface area contributed by atoms with Gasteiger partial charge in [-0.1, -0.05) is 50.5 Å². The zero-order valence-corrected chi connectivity index (χ0v) is 20.1. The Morgan fingerprint density at radius 2 is 1.97 bits per heavy atom. The lowest BCUT2D eigenvalue weighted by atomic mass is 9.94. The summed E-state index contributed by atoms with van der Waals surface area (Å²) in [5.41, 5.74) is 2.34. The number of allylic oxidation sites excluding steroid dienone is 1. The Labute approximate surface area is 198 Å². The van der Waals surface area contributed by atoms with Crippen molar-refractivity contribution in [3.63, 3.8) is 0 Å². The molecule has 1 amide bonds. The van der Waals surface area contributed by atoms with Crippen LogP contribution in [0.1, 0.15) is 56.6 Å². The van der Waals surface area contributed by atoms with E-state index in [0.717, 1.165) is 74.9 Å². The van der Waals surface area contributed by atoms with Crippen molar-refractivity contribution in [2.75, 3.05) is 26.9 Å². The molecule has 0 fully saturated rings. The fourth-order valence-electron chi connectivity index (χ4n) is 4.17. The molecule has 33 heavy (non-hydrogen) atoms. The first-order valence-corrected chi connectivity index (χ1v) is 12.2. The minimum atomic E-state index is -0.0418. The van der Waals surface area contributed by atoms with Crippen LogP contribution in [0.4, 0.5) is 0 Å². The van der Waals surface area contributed by atoms with Crippen LogP contribution in [-0.2, 0) is 11.2 Å². The number of carbonyl (C=O) groups is 1. The molecule has 0 saturated carbocycles. The number of amides is 1. The number of carbonyl (C=O) groups excluding carboxylic acids is 1. The first-order valence-electron chi connectivity index (χ1n) is 12.2. The zero-order chi connectivity index (χ0) is 23.3. The lowest BCUT2D eigenvalue weighted by Crippen LogP contribution is -2.22. The highest BCUT2D eigenvalue weighted by molar-refractivity contribution is 5.96. The van der Waals surface area contributed by atoms with Gasteiger partial charge in [-0.25, -0.2) is 0 Å². The summed E-state index contributed by atoms with van der Waals surface area (Å²) >= 11 is 0. The fraction of sp³-hybridized carbons (Fsp3) is 0.429. The van der Waals surface area contributed by atoms with E-state index in [1.165, 1.54) is 10.9 Å². The lowest BCUT2D eigenvalue weighted by Gasteiger charge is -2.19. The second-order valence-electron chi connectivity index (χ2n) is 8.46. The van der Waals surface area contributed by atoms with Crippen LogP contribution in [0.15, 0.2) is 53.7 Å². The zero-order valence-electron chi connectivity index (χ0n) is 20.1. The number of hydrogen-bond acceptors (Lipinski definition) is 4. The van der Waals surface area contributed by atoms with Crippen LogP contribution in [0.3, 0.4) is 0 Å². The van der Waals surface area contributed by atoms with Crippen molar-refractivity contribution in [3.05, 3.63) is 59.8 Å². The number of hydrogen-bond donors (Lipinski definition) is 1. The van der Waals surface area contributed by atoms with Crippen molar-refractivity contribution in [1.82, 2.24) is 10.2 Å². The number of fused-ring (bicyclic) bond motifs is 1. The first-order chi connectivity index (χ1) is 16.2. The van der Waals surface area contributed by atoms with Gasteiger partial charge in [0.2, 0.25) is 5.91 Å². The Kier molecular flexibility index (Phi) is 10.0. The maximum Gasteiger partial charge on any atom is 0.243 e. The van der Waals surface area contributed by atoms with E-state index in [0.29, 0.717) is 6.54 Å². The number of nitrogens with one attached hydrogen (secondary N) is 1. The van der Waals surface area contributed by atoms with E-state index in [1.54, 1.807) is 13.2 Å². The van der Waals surface area contributed by atoms with Crippen LogP contribution in [-0.4, -0.2) is 43.9 Å². The molecule has 176 valence electrons. The maximum absolute atomic E-state index is 12.4. The Morgan fingerprint density at radius 3 is 2.73 bits per heavy atom. The molecule has 1 aliphatic heterocycles. The van der Waals surface area contributed by atoms with Crippen molar-refractivity contribution < 1.29 is 9.53 Å². The number of methoxy groups -OCH3 is 1. The summed E-state index contributed by atoms with van der Waals surface area (Å²) in [4.78, 5) is 18.9. The summed E-state index contributed by atoms with van der Waals surface area (Å²) in [5.74, 6) is 0.803. The molecule has 0 aliphatic carbocycles. The highest BCUT2D eigenvalue weighted by atomic mass is 16.5. The third-order valence-electron chi connectivity index (χ3n) is 5.99. The number of nitrogens with zero attached hydrogens (tertiary/aromatic N) is 2. The third-order valence-corrected chi connectivity index (χ3v) is 5.99. The number of ether oxygens (including phenoxy) is 1. The van der Waals surface area contributed by atoms with E-state index < -0.39 is 0 Å². The molecule has 1 N–H and O–H groups in total. The normalized spacial score (nSPS) is 13.2. The van der Waals surface area contributed by atoms with Gasteiger partial charge < -0.3 is 15.0 Å². The van der Waals surface area contributed by atoms with E-state index in [9.17, 15) is 4.79 Å². The van der Waals surface area contributed by atoms with Crippen molar-refractivity contribution in [2.24, 2.45) is 4.99 Å². The van der Waals surface area contributed by atoms with Crippen LogP contribution in [0, 0.1) is 0 Å². The minimum absolute atomic E-state index is 0.0418. The van der Waals surface area contributed by atoms with Gasteiger partial charge in [0.1, 0.15) is 12.4 Å². The summed E-state index contributed by atoms with van der Waals surface area (Å²) in [6.07, 6.45) is 17.2. The lowest BCUT2D eigenvalue weighted by molar-refractivity contribution is -0.116. The standard InChI is InChI=1S/C28H37N3O2/c1-3-4-12-24-23(21-27(33-2)26-14-8-7-13-25(24)26)15-16-28(32)30-18-9-5-6-10-19-31-20-11-17-29-22-31/h7-8,11,13-17,20-21H,3-6,9-10,12,18-19,22H2,1-2H3,(H,30,32)/b16-15+. The summed E-state index contributed by atoms with van der Waals surface area (Å²) in [7, 11) is 1.70. The maximum atomic E-state index is 12.4.